The third kappa shape index (κ3) is 3.57. The molecule has 0 saturated carbocycles. The number of hydrogen-bond donors (Lipinski definition) is 0. The summed E-state index contributed by atoms with van der Waals surface area (Å²) in [6, 6.07) is 16.6. The maximum absolute atomic E-state index is 13.1. The number of benzene rings is 2. The first kappa shape index (κ1) is 18.1. The zero-order valence-corrected chi connectivity index (χ0v) is 16.1. The Morgan fingerprint density at radius 2 is 1.86 bits per heavy atom. The van der Waals surface area contributed by atoms with Crippen LogP contribution in [0.4, 0.5) is 10.8 Å². The van der Waals surface area contributed by atoms with Crippen LogP contribution < -0.4 is 10.5 Å². The highest BCUT2D eigenvalue weighted by Gasteiger charge is 2.21. The van der Waals surface area contributed by atoms with Gasteiger partial charge in [0, 0.05) is 18.3 Å². The third-order valence-electron chi connectivity index (χ3n) is 4.36. The topological polar surface area (TPSA) is 68.1 Å². The van der Waals surface area contributed by atoms with E-state index in [-0.39, 0.29) is 24.4 Å². The van der Waals surface area contributed by atoms with Crippen LogP contribution in [0.25, 0.3) is 10.9 Å². The molecule has 28 heavy (non-hydrogen) atoms. The molecule has 0 bridgehead atoms. The smallest absolute Gasteiger partial charge is 0.261 e. The lowest BCUT2D eigenvalue weighted by atomic mass is 10.2. The molecule has 0 radical (unpaired) electrons. The lowest BCUT2D eigenvalue weighted by Gasteiger charge is -2.20. The van der Waals surface area contributed by atoms with Gasteiger partial charge in [0.05, 0.1) is 28.6 Å². The van der Waals surface area contributed by atoms with Gasteiger partial charge >= 0.3 is 0 Å². The van der Waals surface area contributed by atoms with Gasteiger partial charge in [-0.05, 0) is 31.2 Å². The molecule has 0 unspecified atom stereocenters. The fourth-order valence-electron chi connectivity index (χ4n) is 2.98. The highest BCUT2D eigenvalue weighted by molar-refractivity contribution is 7.14. The molecule has 0 aliphatic rings. The van der Waals surface area contributed by atoms with Crippen LogP contribution in [0, 0.1) is 6.92 Å². The summed E-state index contributed by atoms with van der Waals surface area (Å²) in [6.45, 7) is 2.15. The van der Waals surface area contributed by atoms with Crippen LogP contribution in [-0.4, -0.2) is 20.4 Å². The zero-order chi connectivity index (χ0) is 19.5. The van der Waals surface area contributed by atoms with E-state index in [4.69, 9.17) is 0 Å². The molecule has 1 amide bonds. The lowest BCUT2D eigenvalue weighted by Crippen LogP contribution is -2.29. The highest BCUT2D eigenvalue weighted by Crippen LogP contribution is 2.29. The van der Waals surface area contributed by atoms with E-state index in [1.54, 1.807) is 17.0 Å². The molecule has 0 atom stereocenters. The zero-order valence-electron chi connectivity index (χ0n) is 15.3. The maximum atomic E-state index is 13.1. The molecule has 140 valence electrons. The number of hydrogen-bond acceptors (Lipinski definition) is 5. The van der Waals surface area contributed by atoms with Crippen molar-refractivity contribution in [1.29, 1.82) is 0 Å². The Labute approximate surface area is 165 Å². The van der Waals surface area contributed by atoms with Crippen molar-refractivity contribution in [3.63, 3.8) is 0 Å². The lowest BCUT2D eigenvalue weighted by molar-refractivity contribution is -0.118. The average molecular weight is 390 g/mol. The van der Waals surface area contributed by atoms with E-state index in [9.17, 15) is 9.59 Å². The van der Waals surface area contributed by atoms with Crippen molar-refractivity contribution in [3.8, 4) is 0 Å². The van der Waals surface area contributed by atoms with Gasteiger partial charge < -0.3 is 0 Å². The first-order valence-corrected chi connectivity index (χ1v) is 9.76. The predicted molar refractivity (Wildman–Crippen MR) is 111 cm³/mol. The van der Waals surface area contributed by atoms with E-state index in [0.29, 0.717) is 16.0 Å². The summed E-state index contributed by atoms with van der Waals surface area (Å²) in [4.78, 5) is 36.1. The van der Waals surface area contributed by atoms with E-state index < -0.39 is 0 Å². The van der Waals surface area contributed by atoms with Gasteiger partial charge in [-0.1, -0.05) is 30.3 Å². The van der Waals surface area contributed by atoms with Crippen molar-refractivity contribution in [2.24, 2.45) is 0 Å². The number of anilines is 2. The molecule has 6 nitrogen and oxygen atoms in total. The molecule has 0 N–H and O–H groups in total. The molecule has 0 aliphatic carbocycles. The monoisotopic (exact) mass is 390 g/mol. The van der Waals surface area contributed by atoms with Crippen LogP contribution in [0.2, 0.25) is 0 Å². The molecule has 2 aromatic carbocycles. The maximum Gasteiger partial charge on any atom is 0.261 e. The molecule has 2 heterocycles. The summed E-state index contributed by atoms with van der Waals surface area (Å²) in [5, 5.41) is 3.08. The second-order valence-corrected chi connectivity index (χ2v) is 7.18. The Balaban J connectivity index is 1.60. The standard InChI is InChI=1S/C21H18N4O2S/c1-15-13-28-21(23-15)25(16-7-3-2-4-8-16)19(26)11-12-24-14-22-18-10-6-5-9-17(18)20(24)27/h2-10,13-14H,11-12H2,1H3. The number of fused-ring (bicyclic) bond motifs is 1. The molecule has 0 fully saturated rings. The first-order chi connectivity index (χ1) is 13.6. The Morgan fingerprint density at radius 1 is 1.11 bits per heavy atom. The normalized spacial score (nSPS) is 10.9. The molecule has 0 saturated heterocycles. The summed E-state index contributed by atoms with van der Waals surface area (Å²) in [6.07, 6.45) is 1.66. The van der Waals surface area contributed by atoms with Gasteiger partial charge in [0.25, 0.3) is 5.56 Å². The minimum Gasteiger partial charge on any atom is -0.298 e. The van der Waals surface area contributed by atoms with Crippen LogP contribution in [0.5, 0.6) is 0 Å². The molecule has 7 heteroatoms. The van der Waals surface area contributed by atoms with Crippen molar-refractivity contribution in [1.82, 2.24) is 14.5 Å². The van der Waals surface area contributed by atoms with Gasteiger partial charge in [0.1, 0.15) is 0 Å². The average Bonchev–Trinajstić information content (AvgIpc) is 3.14. The number of thiazole rings is 1. The van der Waals surface area contributed by atoms with Crippen LogP contribution in [0.15, 0.2) is 71.1 Å². The molecule has 0 aliphatic heterocycles. The van der Waals surface area contributed by atoms with Crippen molar-refractivity contribution >= 4 is 39.0 Å². The van der Waals surface area contributed by atoms with Crippen molar-refractivity contribution < 1.29 is 4.79 Å². The molecular formula is C21H18N4O2S. The number of carbonyl (C=O) groups is 1. The fourth-order valence-corrected chi connectivity index (χ4v) is 3.81. The van der Waals surface area contributed by atoms with Gasteiger partial charge in [-0.25, -0.2) is 9.97 Å². The SMILES string of the molecule is Cc1csc(N(C(=O)CCn2cnc3ccccc3c2=O)c2ccccc2)n1. The molecule has 4 rings (SSSR count). The second-order valence-electron chi connectivity index (χ2n) is 6.35. The van der Waals surface area contributed by atoms with Crippen LogP contribution in [-0.2, 0) is 11.3 Å². The molecular weight excluding hydrogens is 372 g/mol. The van der Waals surface area contributed by atoms with Gasteiger partial charge in [-0.15, -0.1) is 11.3 Å². The number of amides is 1. The van der Waals surface area contributed by atoms with Crippen LogP contribution in [0.1, 0.15) is 12.1 Å². The Bertz CT molecular complexity index is 1180. The summed E-state index contributed by atoms with van der Waals surface area (Å²) < 4.78 is 1.48. The van der Waals surface area contributed by atoms with E-state index in [1.165, 1.54) is 22.2 Å². The van der Waals surface area contributed by atoms with Gasteiger partial charge in [-0.3, -0.25) is 19.1 Å². The van der Waals surface area contributed by atoms with Crippen molar-refractivity contribution in [3.05, 3.63) is 82.4 Å². The predicted octanol–water partition coefficient (Wildman–Crippen LogP) is 3.92. The minimum atomic E-state index is -0.144. The summed E-state index contributed by atoms with van der Waals surface area (Å²) >= 11 is 1.42. The van der Waals surface area contributed by atoms with Crippen LogP contribution in [0.3, 0.4) is 0 Å². The first-order valence-electron chi connectivity index (χ1n) is 8.88. The molecule has 2 aromatic heterocycles. The largest absolute Gasteiger partial charge is 0.298 e. The number of aryl methyl sites for hydroxylation is 2. The van der Waals surface area contributed by atoms with E-state index >= 15 is 0 Å². The Morgan fingerprint density at radius 3 is 2.61 bits per heavy atom. The Kier molecular flexibility index (Phi) is 4.99. The Hall–Kier alpha value is -3.32. The minimum absolute atomic E-state index is 0.124. The number of aromatic nitrogens is 3. The fraction of sp³-hybridized carbons (Fsp3) is 0.143. The quantitative estimate of drug-likeness (QED) is 0.518. The van der Waals surface area contributed by atoms with Gasteiger partial charge in [-0.2, -0.15) is 0 Å². The van der Waals surface area contributed by atoms with Crippen molar-refractivity contribution in [2.45, 2.75) is 19.9 Å². The van der Waals surface area contributed by atoms with Crippen LogP contribution >= 0.6 is 11.3 Å². The third-order valence-corrected chi connectivity index (χ3v) is 5.30. The number of rotatable bonds is 5. The number of nitrogens with zero attached hydrogens (tertiary/aromatic N) is 4. The summed E-state index contributed by atoms with van der Waals surface area (Å²) in [5.41, 5.74) is 2.13. The van der Waals surface area contributed by atoms with E-state index in [0.717, 1.165) is 11.4 Å². The van der Waals surface area contributed by atoms with Gasteiger partial charge in [0.15, 0.2) is 5.13 Å². The van der Waals surface area contributed by atoms with E-state index in [2.05, 4.69) is 9.97 Å². The van der Waals surface area contributed by atoms with Crippen molar-refractivity contribution in [2.75, 3.05) is 4.90 Å². The summed E-state index contributed by atoms with van der Waals surface area (Å²) in [5.74, 6) is -0.124. The molecule has 4 aromatic rings. The summed E-state index contributed by atoms with van der Waals surface area (Å²) in [7, 11) is 0. The molecule has 0 spiro atoms. The second kappa shape index (κ2) is 7.74. The highest BCUT2D eigenvalue weighted by atomic mass is 32.1. The van der Waals surface area contributed by atoms with Gasteiger partial charge in [0.2, 0.25) is 5.91 Å². The van der Waals surface area contributed by atoms with E-state index in [1.807, 2.05) is 54.8 Å². The number of carbonyl (C=O) groups excluding carboxylic acids is 1. The number of para-hydroxylation sites is 2.